The Morgan fingerprint density at radius 1 is 1.18 bits per heavy atom. The van der Waals surface area contributed by atoms with Crippen LogP contribution in [-0.4, -0.2) is 41.3 Å². The third kappa shape index (κ3) is 2.96. The van der Waals surface area contributed by atoms with Gasteiger partial charge in [0.2, 0.25) is 0 Å². The van der Waals surface area contributed by atoms with Gasteiger partial charge in [0.05, 0.1) is 16.9 Å². The molecule has 0 aromatic carbocycles. The fourth-order valence-corrected chi connectivity index (χ4v) is 3.02. The molecule has 0 N–H and O–H groups in total. The molecule has 0 spiro atoms. The lowest BCUT2D eigenvalue weighted by atomic mass is 9.79. The third-order valence-corrected chi connectivity index (χ3v) is 5.28. The lowest BCUT2D eigenvalue weighted by molar-refractivity contribution is 0.00578. The molecule has 0 atom stereocenters. The van der Waals surface area contributed by atoms with Crippen LogP contribution in [0.3, 0.4) is 0 Å². The summed E-state index contributed by atoms with van der Waals surface area (Å²) in [6.07, 6.45) is 4.32. The van der Waals surface area contributed by atoms with Crippen molar-refractivity contribution in [3.05, 3.63) is 11.9 Å². The highest BCUT2D eigenvalue weighted by molar-refractivity contribution is 6.62. The van der Waals surface area contributed by atoms with Crippen molar-refractivity contribution >= 4 is 12.6 Å². The number of nitrogens with zero attached hydrogens (tertiary/aromatic N) is 2. The van der Waals surface area contributed by atoms with Gasteiger partial charge in [-0.2, -0.15) is 5.10 Å². The zero-order valence-electron chi connectivity index (χ0n) is 14.4. The number of aromatic nitrogens is 2. The molecule has 0 amide bonds. The number of hydrogen-bond acceptors (Lipinski definition) is 4. The highest BCUT2D eigenvalue weighted by atomic mass is 16.7. The van der Waals surface area contributed by atoms with Crippen LogP contribution in [0.4, 0.5) is 0 Å². The largest absolute Gasteiger partial charge is 0.498 e. The van der Waals surface area contributed by atoms with Crippen molar-refractivity contribution in [2.45, 2.75) is 65.2 Å². The summed E-state index contributed by atoms with van der Waals surface area (Å²) < 4.78 is 19.7. The van der Waals surface area contributed by atoms with Gasteiger partial charge in [-0.1, -0.05) is 0 Å². The van der Waals surface area contributed by atoms with E-state index in [0.29, 0.717) is 5.92 Å². The van der Waals surface area contributed by atoms with E-state index in [2.05, 4.69) is 39.0 Å². The topological polar surface area (TPSA) is 45.5 Å². The van der Waals surface area contributed by atoms with E-state index in [4.69, 9.17) is 14.0 Å². The fraction of sp³-hybridized carbons (Fsp3) is 0.812. The van der Waals surface area contributed by atoms with Gasteiger partial charge in [0.15, 0.2) is 0 Å². The first kappa shape index (κ1) is 16.0. The van der Waals surface area contributed by atoms with Crippen molar-refractivity contribution in [2.75, 3.05) is 13.2 Å². The van der Waals surface area contributed by atoms with Crippen molar-refractivity contribution in [3.8, 4) is 0 Å². The molecular formula is C16H27BN2O3. The Bertz CT molecular complexity index is 519. The quantitative estimate of drug-likeness (QED) is 0.800. The zero-order chi connectivity index (χ0) is 16.0. The standard InChI is InChI=1S/C16H27BN2O3/c1-12-14(17-21-15(2,3)16(4,5)22-17)11-19(18-12)10-13-6-8-20-9-7-13/h11,13H,6-10H2,1-5H3. The Balaban J connectivity index is 1.73. The molecule has 0 unspecified atom stereocenters. The first-order valence-electron chi connectivity index (χ1n) is 8.26. The minimum absolute atomic E-state index is 0.313. The smallest absolute Gasteiger partial charge is 0.399 e. The van der Waals surface area contributed by atoms with E-state index in [1.54, 1.807) is 0 Å². The maximum atomic E-state index is 6.14. The molecule has 0 saturated carbocycles. The zero-order valence-corrected chi connectivity index (χ0v) is 14.4. The van der Waals surface area contributed by atoms with Gasteiger partial charge in [0.25, 0.3) is 0 Å². The predicted octanol–water partition coefficient (Wildman–Crippen LogP) is 1.92. The lowest BCUT2D eigenvalue weighted by Gasteiger charge is -2.32. The van der Waals surface area contributed by atoms with Crippen LogP contribution >= 0.6 is 0 Å². The highest BCUT2D eigenvalue weighted by Crippen LogP contribution is 2.36. The molecule has 0 radical (unpaired) electrons. The van der Waals surface area contributed by atoms with Gasteiger partial charge in [-0.15, -0.1) is 0 Å². The highest BCUT2D eigenvalue weighted by Gasteiger charge is 2.52. The van der Waals surface area contributed by atoms with Crippen molar-refractivity contribution < 1.29 is 14.0 Å². The van der Waals surface area contributed by atoms with Gasteiger partial charge in [0.1, 0.15) is 0 Å². The molecule has 0 bridgehead atoms. The summed E-state index contributed by atoms with van der Waals surface area (Å²) in [6, 6.07) is 0. The summed E-state index contributed by atoms with van der Waals surface area (Å²) in [6.45, 7) is 13.0. The molecule has 0 aliphatic carbocycles. The Hall–Kier alpha value is -0.845. The second-order valence-corrected chi connectivity index (χ2v) is 7.54. The molecule has 2 saturated heterocycles. The van der Waals surface area contributed by atoms with E-state index in [-0.39, 0.29) is 18.3 Å². The number of rotatable bonds is 3. The maximum absolute atomic E-state index is 6.14. The van der Waals surface area contributed by atoms with E-state index >= 15 is 0 Å². The number of aryl methyl sites for hydroxylation is 1. The van der Waals surface area contributed by atoms with Crippen molar-refractivity contribution in [2.24, 2.45) is 5.92 Å². The van der Waals surface area contributed by atoms with Gasteiger partial charge < -0.3 is 14.0 Å². The molecule has 2 aliphatic rings. The summed E-state index contributed by atoms with van der Waals surface area (Å²) in [5.74, 6) is 0.652. The van der Waals surface area contributed by atoms with Gasteiger partial charge in [-0.3, -0.25) is 4.68 Å². The minimum atomic E-state index is -0.326. The summed E-state index contributed by atoms with van der Waals surface area (Å²) in [7, 11) is -0.326. The summed E-state index contributed by atoms with van der Waals surface area (Å²) in [4.78, 5) is 0. The van der Waals surface area contributed by atoms with Crippen LogP contribution in [0.25, 0.3) is 0 Å². The molecule has 5 nitrogen and oxygen atoms in total. The van der Waals surface area contributed by atoms with Gasteiger partial charge in [0, 0.05) is 31.4 Å². The number of hydrogen-bond donors (Lipinski definition) is 0. The predicted molar refractivity (Wildman–Crippen MR) is 86.2 cm³/mol. The molecule has 1 aromatic heterocycles. The molecule has 1 aromatic rings. The van der Waals surface area contributed by atoms with Gasteiger partial charge in [-0.25, -0.2) is 0 Å². The normalized spacial score (nSPS) is 24.9. The van der Waals surface area contributed by atoms with Crippen LogP contribution in [0.5, 0.6) is 0 Å². The Labute approximate surface area is 133 Å². The van der Waals surface area contributed by atoms with Crippen LogP contribution < -0.4 is 5.46 Å². The monoisotopic (exact) mass is 306 g/mol. The lowest BCUT2D eigenvalue weighted by Crippen LogP contribution is -2.41. The Morgan fingerprint density at radius 3 is 2.36 bits per heavy atom. The third-order valence-electron chi connectivity index (χ3n) is 5.28. The van der Waals surface area contributed by atoms with E-state index < -0.39 is 0 Å². The molecule has 22 heavy (non-hydrogen) atoms. The molecule has 122 valence electrons. The molecule has 6 heteroatoms. The fourth-order valence-electron chi connectivity index (χ4n) is 3.02. The van der Waals surface area contributed by atoms with Crippen LogP contribution in [0.2, 0.25) is 0 Å². The molecule has 3 heterocycles. The number of ether oxygens (including phenoxy) is 1. The van der Waals surface area contributed by atoms with Crippen molar-refractivity contribution in [1.29, 1.82) is 0 Å². The average Bonchev–Trinajstić information content (AvgIpc) is 2.88. The van der Waals surface area contributed by atoms with Crippen LogP contribution in [0.15, 0.2) is 6.20 Å². The maximum Gasteiger partial charge on any atom is 0.498 e. The van der Waals surface area contributed by atoms with Crippen molar-refractivity contribution in [1.82, 2.24) is 9.78 Å². The Morgan fingerprint density at radius 2 is 1.77 bits per heavy atom. The second-order valence-electron chi connectivity index (χ2n) is 7.54. The van der Waals surface area contributed by atoms with Gasteiger partial charge >= 0.3 is 7.12 Å². The first-order valence-corrected chi connectivity index (χ1v) is 8.26. The Kier molecular flexibility index (Phi) is 4.12. The summed E-state index contributed by atoms with van der Waals surface area (Å²) in [5.41, 5.74) is 1.41. The first-order chi connectivity index (χ1) is 10.3. The SMILES string of the molecule is Cc1nn(CC2CCOCC2)cc1B1OC(C)(C)C(C)(C)O1. The van der Waals surface area contributed by atoms with Crippen LogP contribution in [-0.2, 0) is 20.6 Å². The minimum Gasteiger partial charge on any atom is -0.399 e. The van der Waals surface area contributed by atoms with Crippen LogP contribution in [0.1, 0.15) is 46.2 Å². The van der Waals surface area contributed by atoms with E-state index in [0.717, 1.165) is 43.8 Å². The van der Waals surface area contributed by atoms with Crippen LogP contribution in [0, 0.1) is 12.8 Å². The van der Waals surface area contributed by atoms with E-state index in [1.165, 1.54) is 0 Å². The van der Waals surface area contributed by atoms with Gasteiger partial charge in [-0.05, 0) is 53.4 Å². The summed E-state index contributed by atoms with van der Waals surface area (Å²) in [5, 5.41) is 4.66. The molecule has 2 fully saturated rings. The van der Waals surface area contributed by atoms with Crippen molar-refractivity contribution in [3.63, 3.8) is 0 Å². The molecule has 2 aliphatic heterocycles. The average molecular weight is 306 g/mol. The molecular weight excluding hydrogens is 279 g/mol. The summed E-state index contributed by atoms with van der Waals surface area (Å²) >= 11 is 0. The van der Waals surface area contributed by atoms with E-state index in [1.807, 2.05) is 11.6 Å². The molecule has 3 rings (SSSR count). The van der Waals surface area contributed by atoms with E-state index in [9.17, 15) is 0 Å². The second kappa shape index (κ2) is 5.66.